The van der Waals surface area contributed by atoms with E-state index in [9.17, 15) is 0 Å². The van der Waals surface area contributed by atoms with E-state index in [-0.39, 0.29) is 0 Å². The lowest BCUT2D eigenvalue weighted by atomic mass is 10.4. The van der Waals surface area contributed by atoms with E-state index in [2.05, 4.69) is 4.98 Å². The minimum Gasteiger partial charge on any atom is -0.480 e. The van der Waals surface area contributed by atoms with E-state index in [0.29, 0.717) is 5.88 Å². The molecule has 0 aliphatic heterocycles. The zero-order chi connectivity index (χ0) is 10.6. The highest BCUT2D eigenvalue weighted by Crippen LogP contribution is 2.31. The molecule has 1 aromatic rings. The number of nitriles is 1. The monoisotopic (exact) mass is 209 g/mol. The largest absolute Gasteiger partial charge is 0.480 e. The van der Waals surface area contributed by atoms with Gasteiger partial charge in [0.2, 0.25) is 5.88 Å². The third-order valence-corrected chi connectivity index (χ3v) is 2.66. The van der Waals surface area contributed by atoms with Gasteiger partial charge in [-0.25, -0.2) is 0 Å². The van der Waals surface area contributed by atoms with Crippen molar-refractivity contribution in [2.24, 2.45) is 0 Å². The molecule has 74 valence electrons. The molecule has 0 spiro atoms. The first-order valence-electron chi connectivity index (χ1n) is 3.97. The molecule has 0 saturated carbocycles. The number of rotatable bonds is 3. The zero-order valence-corrected chi connectivity index (χ0v) is 9.13. The summed E-state index contributed by atoms with van der Waals surface area (Å²) in [6, 6.07) is 1.94. The number of aromatic nitrogens is 1. The van der Waals surface area contributed by atoms with E-state index >= 15 is 0 Å². The highest BCUT2D eigenvalue weighted by atomic mass is 32.1. The van der Waals surface area contributed by atoms with Crippen LogP contribution in [0.5, 0.6) is 5.88 Å². The number of anilines is 1. The van der Waals surface area contributed by atoms with Crippen LogP contribution >= 0.6 is 11.3 Å². The van der Waals surface area contributed by atoms with Gasteiger partial charge in [0.15, 0.2) is 5.13 Å². The Morgan fingerprint density at radius 1 is 1.57 bits per heavy atom. The lowest BCUT2D eigenvalue weighted by Gasteiger charge is -2.04. The van der Waals surface area contributed by atoms with E-state index < -0.39 is 0 Å². The average Bonchev–Trinajstić information content (AvgIpc) is 2.57. The lowest BCUT2D eigenvalue weighted by Crippen LogP contribution is -2.07. The number of hydrogen-bond donors (Lipinski definition) is 0. The standard InChI is InChI=1S/C9H11N3OS/c1-12(2)9-11-8(13-3)7(14-9)5-4-6-10/h4-5H,1-3H3. The molecular formula is C9H11N3OS. The summed E-state index contributed by atoms with van der Waals surface area (Å²) in [6.07, 6.45) is 3.11. The van der Waals surface area contributed by atoms with Crippen LogP contribution in [0.2, 0.25) is 0 Å². The molecule has 0 saturated heterocycles. The molecule has 0 aliphatic rings. The molecule has 5 heteroatoms. The molecule has 14 heavy (non-hydrogen) atoms. The second-order valence-electron chi connectivity index (χ2n) is 2.73. The Bertz CT molecular complexity index is 376. The van der Waals surface area contributed by atoms with Gasteiger partial charge in [-0.1, -0.05) is 11.3 Å². The Morgan fingerprint density at radius 2 is 2.29 bits per heavy atom. The van der Waals surface area contributed by atoms with E-state index in [1.807, 2.05) is 25.1 Å². The smallest absolute Gasteiger partial charge is 0.233 e. The summed E-state index contributed by atoms with van der Waals surface area (Å²) in [5.41, 5.74) is 0. The number of nitrogens with zero attached hydrogens (tertiary/aromatic N) is 3. The fourth-order valence-corrected chi connectivity index (χ4v) is 1.72. The van der Waals surface area contributed by atoms with Crippen molar-refractivity contribution < 1.29 is 4.74 Å². The molecule has 0 radical (unpaired) electrons. The Hall–Kier alpha value is -1.54. The summed E-state index contributed by atoms with van der Waals surface area (Å²) in [7, 11) is 5.39. The van der Waals surface area contributed by atoms with E-state index in [1.165, 1.54) is 17.4 Å². The number of allylic oxidation sites excluding steroid dienone is 1. The number of methoxy groups -OCH3 is 1. The minimum atomic E-state index is 0.560. The van der Waals surface area contributed by atoms with Gasteiger partial charge in [-0.05, 0) is 6.08 Å². The molecular weight excluding hydrogens is 198 g/mol. The topological polar surface area (TPSA) is 49.1 Å². The van der Waals surface area contributed by atoms with Crippen molar-refractivity contribution >= 4 is 22.5 Å². The van der Waals surface area contributed by atoms with Crippen LogP contribution in [-0.4, -0.2) is 26.2 Å². The second-order valence-corrected chi connectivity index (χ2v) is 3.74. The van der Waals surface area contributed by atoms with Gasteiger partial charge in [-0.3, -0.25) is 0 Å². The molecule has 4 nitrogen and oxygen atoms in total. The summed E-state index contributed by atoms with van der Waals surface area (Å²) >= 11 is 1.48. The van der Waals surface area contributed by atoms with Crippen molar-refractivity contribution in [2.45, 2.75) is 0 Å². The van der Waals surface area contributed by atoms with E-state index in [1.54, 1.807) is 13.2 Å². The molecule has 1 rings (SSSR count). The molecule has 0 N–H and O–H groups in total. The summed E-state index contributed by atoms with van der Waals surface area (Å²) in [4.78, 5) is 7.00. The third kappa shape index (κ3) is 2.24. The molecule has 0 amide bonds. The van der Waals surface area contributed by atoms with Gasteiger partial charge in [-0.2, -0.15) is 10.2 Å². The Labute approximate surface area is 87.1 Å². The first-order chi connectivity index (χ1) is 6.69. The Morgan fingerprint density at radius 3 is 2.79 bits per heavy atom. The van der Waals surface area contributed by atoms with E-state index in [0.717, 1.165) is 10.0 Å². The summed E-state index contributed by atoms with van der Waals surface area (Å²) < 4.78 is 5.09. The van der Waals surface area contributed by atoms with Gasteiger partial charge in [-0.15, -0.1) is 0 Å². The second kappa shape index (κ2) is 4.63. The van der Waals surface area contributed by atoms with Crippen molar-refractivity contribution in [1.29, 1.82) is 5.26 Å². The fourth-order valence-electron chi connectivity index (χ4n) is 0.863. The summed E-state index contributed by atoms with van der Waals surface area (Å²) in [6.45, 7) is 0. The quantitative estimate of drug-likeness (QED) is 0.712. The summed E-state index contributed by atoms with van der Waals surface area (Å²) in [5.74, 6) is 0.560. The predicted molar refractivity (Wildman–Crippen MR) is 57.6 cm³/mol. The SMILES string of the molecule is COc1nc(N(C)C)sc1C=CC#N. The minimum absolute atomic E-state index is 0.560. The first kappa shape index (κ1) is 10.5. The lowest BCUT2D eigenvalue weighted by molar-refractivity contribution is 0.400. The molecule has 1 heterocycles. The van der Waals surface area contributed by atoms with Gasteiger partial charge in [0.25, 0.3) is 0 Å². The zero-order valence-electron chi connectivity index (χ0n) is 8.31. The van der Waals surface area contributed by atoms with Crippen LogP contribution in [0.25, 0.3) is 6.08 Å². The maximum Gasteiger partial charge on any atom is 0.233 e. The van der Waals surface area contributed by atoms with Crippen molar-refractivity contribution in [1.82, 2.24) is 4.98 Å². The molecule has 0 atom stereocenters. The van der Waals surface area contributed by atoms with Crippen LogP contribution in [0.3, 0.4) is 0 Å². The highest BCUT2D eigenvalue weighted by molar-refractivity contribution is 7.16. The Kier molecular flexibility index (Phi) is 3.48. The Balaban J connectivity index is 3.03. The average molecular weight is 209 g/mol. The maximum absolute atomic E-state index is 8.40. The van der Waals surface area contributed by atoms with Gasteiger partial charge in [0.1, 0.15) is 0 Å². The van der Waals surface area contributed by atoms with Crippen LogP contribution in [0, 0.1) is 11.3 Å². The molecule has 0 bridgehead atoms. The van der Waals surface area contributed by atoms with Crippen LogP contribution in [0.4, 0.5) is 5.13 Å². The number of thiazole rings is 1. The van der Waals surface area contributed by atoms with E-state index in [4.69, 9.17) is 10.00 Å². The van der Waals surface area contributed by atoms with Crippen LogP contribution in [0.1, 0.15) is 4.88 Å². The van der Waals surface area contributed by atoms with Crippen molar-refractivity contribution in [3.8, 4) is 11.9 Å². The normalized spacial score (nSPS) is 10.1. The van der Waals surface area contributed by atoms with Crippen LogP contribution < -0.4 is 9.64 Å². The summed E-state index contributed by atoms with van der Waals surface area (Å²) in [5, 5.41) is 9.26. The van der Waals surface area contributed by atoms with Crippen molar-refractivity contribution in [2.75, 3.05) is 26.1 Å². The maximum atomic E-state index is 8.40. The molecule has 0 fully saturated rings. The molecule has 0 unspecified atom stereocenters. The molecule has 0 aliphatic carbocycles. The van der Waals surface area contributed by atoms with Crippen molar-refractivity contribution in [3.05, 3.63) is 11.0 Å². The van der Waals surface area contributed by atoms with Gasteiger partial charge in [0.05, 0.1) is 18.1 Å². The predicted octanol–water partition coefficient (Wildman–Crippen LogP) is 1.75. The highest BCUT2D eigenvalue weighted by Gasteiger charge is 2.09. The molecule has 0 aromatic carbocycles. The number of ether oxygens (including phenoxy) is 1. The third-order valence-electron chi connectivity index (χ3n) is 1.49. The van der Waals surface area contributed by atoms with Gasteiger partial charge in [0, 0.05) is 20.2 Å². The molecule has 1 aromatic heterocycles. The fraction of sp³-hybridized carbons (Fsp3) is 0.333. The first-order valence-corrected chi connectivity index (χ1v) is 4.79. The van der Waals surface area contributed by atoms with Gasteiger partial charge >= 0.3 is 0 Å². The van der Waals surface area contributed by atoms with Crippen LogP contribution in [0.15, 0.2) is 6.08 Å². The van der Waals surface area contributed by atoms with Gasteiger partial charge < -0.3 is 9.64 Å². The van der Waals surface area contributed by atoms with Crippen molar-refractivity contribution in [3.63, 3.8) is 0 Å². The van der Waals surface area contributed by atoms with Crippen LogP contribution in [-0.2, 0) is 0 Å². The number of hydrogen-bond acceptors (Lipinski definition) is 5.